The van der Waals surface area contributed by atoms with Crippen LogP contribution in [-0.4, -0.2) is 26.0 Å². The van der Waals surface area contributed by atoms with Crippen molar-refractivity contribution >= 4 is 11.8 Å². The van der Waals surface area contributed by atoms with Gasteiger partial charge in [0, 0.05) is 31.8 Å². The quantitative estimate of drug-likeness (QED) is 0.858. The number of rotatable bonds is 6. The number of carbonyl (C=O) groups excluding carboxylic acids is 2. The van der Waals surface area contributed by atoms with Gasteiger partial charge in [-0.15, -0.1) is 0 Å². The molecule has 0 heterocycles. The van der Waals surface area contributed by atoms with Gasteiger partial charge in [-0.2, -0.15) is 0 Å². The van der Waals surface area contributed by atoms with Crippen LogP contribution < -0.4 is 10.6 Å². The Kier molecular flexibility index (Phi) is 5.88. The third-order valence-electron chi connectivity index (χ3n) is 3.40. The lowest BCUT2D eigenvalue weighted by molar-refractivity contribution is 0.0945. The number of nitrogens with one attached hydrogen (secondary N) is 2. The van der Waals surface area contributed by atoms with Gasteiger partial charge in [-0.05, 0) is 35.4 Å². The fourth-order valence-electron chi connectivity index (χ4n) is 2.17. The summed E-state index contributed by atoms with van der Waals surface area (Å²) >= 11 is 0. The van der Waals surface area contributed by atoms with Crippen molar-refractivity contribution in [1.29, 1.82) is 0 Å². The summed E-state index contributed by atoms with van der Waals surface area (Å²) < 4.78 is 5.07. The normalized spacial score (nSPS) is 10.2. The van der Waals surface area contributed by atoms with E-state index in [1.807, 2.05) is 30.3 Å². The van der Waals surface area contributed by atoms with Crippen LogP contribution in [0.4, 0.5) is 0 Å². The SMILES string of the molecule is CNC(=O)c1ccc(CNC(=O)c2cccc(COC)c2)cc1. The predicted octanol–water partition coefficient (Wildman–Crippen LogP) is 2.12. The molecule has 2 rings (SSSR count). The molecule has 2 amide bonds. The zero-order chi connectivity index (χ0) is 16.7. The minimum absolute atomic E-state index is 0.129. The van der Waals surface area contributed by atoms with E-state index in [9.17, 15) is 9.59 Å². The summed E-state index contributed by atoms with van der Waals surface area (Å²) in [7, 11) is 3.21. The Morgan fingerprint density at radius 3 is 2.35 bits per heavy atom. The number of carbonyl (C=O) groups is 2. The molecule has 2 aromatic rings. The smallest absolute Gasteiger partial charge is 0.251 e. The van der Waals surface area contributed by atoms with Crippen LogP contribution in [0.15, 0.2) is 48.5 Å². The first kappa shape index (κ1) is 16.7. The van der Waals surface area contributed by atoms with Crippen LogP contribution in [-0.2, 0) is 17.9 Å². The van der Waals surface area contributed by atoms with Crippen LogP contribution in [0.5, 0.6) is 0 Å². The van der Waals surface area contributed by atoms with E-state index in [0.717, 1.165) is 11.1 Å². The van der Waals surface area contributed by atoms with Crippen LogP contribution in [0.2, 0.25) is 0 Å². The summed E-state index contributed by atoms with van der Waals surface area (Å²) in [6.45, 7) is 0.878. The molecule has 0 bridgehead atoms. The molecular formula is C18H20N2O3. The number of benzene rings is 2. The third-order valence-corrected chi connectivity index (χ3v) is 3.40. The summed E-state index contributed by atoms with van der Waals surface area (Å²) in [6.07, 6.45) is 0. The fourth-order valence-corrected chi connectivity index (χ4v) is 2.17. The van der Waals surface area contributed by atoms with E-state index in [-0.39, 0.29) is 11.8 Å². The molecule has 0 unspecified atom stereocenters. The highest BCUT2D eigenvalue weighted by molar-refractivity contribution is 5.94. The van der Waals surface area contributed by atoms with Gasteiger partial charge in [0.1, 0.15) is 0 Å². The molecule has 0 spiro atoms. The third kappa shape index (κ3) is 4.66. The number of hydrogen-bond acceptors (Lipinski definition) is 3. The van der Waals surface area contributed by atoms with E-state index >= 15 is 0 Å². The van der Waals surface area contributed by atoms with E-state index in [2.05, 4.69) is 10.6 Å². The summed E-state index contributed by atoms with van der Waals surface area (Å²) in [6, 6.07) is 14.5. The van der Waals surface area contributed by atoms with E-state index in [1.165, 1.54) is 0 Å². The molecular weight excluding hydrogens is 292 g/mol. The number of methoxy groups -OCH3 is 1. The molecule has 0 radical (unpaired) electrons. The van der Waals surface area contributed by atoms with E-state index in [1.54, 1.807) is 32.4 Å². The molecule has 0 aromatic heterocycles. The Hall–Kier alpha value is -2.66. The first-order valence-electron chi connectivity index (χ1n) is 7.31. The molecule has 0 saturated carbocycles. The molecule has 0 aliphatic rings. The van der Waals surface area contributed by atoms with Gasteiger partial charge >= 0.3 is 0 Å². The Labute approximate surface area is 135 Å². The molecule has 5 heteroatoms. The molecule has 0 fully saturated rings. The minimum atomic E-state index is -0.140. The molecule has 0 saturated heterocycles. The van der Waals surface area contributed by atoms with Crippen molar-refractivity contribution in [2.24, 2.45) is 0 Å². The predicted molar refractivity (Wildman–Crippen MR) is 88.2 cm³/mol. The van der Waals surface area contributed by atoms with Crippen LogP contribution in [0, 0.1) is 0 Å². The van der Waals surface area contributed by atoms with E-state index in [0.29, 0.717) is 24.3 Å². The van der Waals surface area contributed by atoms with Crippen molar-refractivity contribution in [3.8, 4) is 0 Å². The second kappa shape index (κ2) is 8.10. The largest absolute Gasteiger partial charge is 0.380 e. The Morgan fingerprint density at radius 1 is 0.957 bits per heavy atom. The van der Waals surface area contributed by atoms with Crippen molar-refractivity contribution in [3.05, 3.63) is 70.8 Å². The standard InChI is InChI=1S/C18H20N2O3/c1-19-17(21)15-8-6-13(7-9-15)11-20-18(22)16-5-3-4-14(10-16)12-23-2/h3-10H,11-12H2,1-2H3,(H,19,21)(H,20,22). The van der Waals surface area contributed by atoms with E-state index in [4.69, 9.17) is 4.74 Å². The van der Waals surface area contributed by atoms with Gasteiger partial charge < -0.3 is 15.4 Å². The van der Waals surface area contributed by atoms with Crippen molar-refractivity contribution in [2.75, 3.05) is 14.2 Å². The van der Waals surface area contributed by atoms with Crippen molar-refractivity contribution in [2.45, 2.75) is 13.2 Å². The number of hydrogen-bond donors (Lipinski definition) is 2. The van der Waals surface area contributed by atoms with Gasteiger partial charge in [-0.3, -0.25) is 9.59 Å². The maximum absolute atomic E-state index is 12.2. The average molecular weight is 312 g/mol. The first-order chi connectivity index (χ1) is 11.1. The van der Waals surface area contributed by atoms with Gasteiger partial charge in [-0.1, -0.05) is 24.3 Å². The molecule has 5 nitrogen and oxygen atoms in total. The van der Waals surface area contributed by atoms with Crippen molar-refractivity contribution in [1.82, 2.24) is 10.6 Å². The minimum Gasteiger partial charge on any atom is -0.380 e. The Balaban J connectivity index is 1.96. The van der Waals surface area contributed by atoms with Crippen LogP contribution in [0.1, 0.15) is 31.8 Å². The average Bonchev–Trinajstić information content (AvgIpc) is 2.60. The summed E-state index contributed by atoms with van der Waals surface area (Å²) in [5.41, 5.74) is 3.07. The molecule has 23 heavy (non-hydrogen) atoms. The maximum atomic E-state index is 12.2. The molecule has 120 valence electrons. The molecule has 0 aliphatic carbocycles. The molecule has 0 atom stereocenters. The summed E-state index contributed by atoms with van der Waals surface area (Å²) in [4.78, 5) is 23.6. The Bertz CT molecular complexity index is 681. The maximum Gasteiger partial charge on any atom is 0.251 e. The van der Waals surface area contributed by atoms with E-state index < -0.39 is 0 Å². The van der Waals surface area contributed by atoms with Crippen LogP contribution in [0.3, 0.4) is 0 Å². The monoisotopic (exact) mass is 312 g/mol. The Morgan fingerprint density at radius 2 is 1.70 bits per heavy atom. The van der Waals surface area contributed by atoms with Gasteiger partial charge in [-0.25, -0.2) is 0 Å². The van der Waals surface area contributed by atoms with Crippen LogP contribution in [0.25, 0.3) is 0 Å². The highest BCUT2D eigenvalue weighted by Crippen LogP contribution is 2.08. The lowest BCUT2D eigenvalue weighted by atomic mass is 10.1. The molecule has 0 aliphatic heterocycles. The number of amides is 2. The lowest BCUT2D eigenvalue weighted by Gasteiger charge is -2.08. The second-order valence-corrected chi connectivity index (χ2v) is 5.09. The first-order valence-corrected chi connectivity index (χ1v) is 7.31. The van der Waals surface area contributed by atoms with Crippen molar-refractivity contribution in [3.63, 3.8) is 0 Å². The van der Waals surface area contributed by atoms with Crippen LogP contribution >= 0.6 is 0 Å². The van der Waals surface area contributed by atoms with Gasteiger partial charge in [0.25, 0.3) is 11.8 Å². The van der Waals surface area contributed by atoms with Gasteiger partial charge in [0.2, 0.25) is 0 Å². The highest BCUT2D eigenvalue weighted by atomic mass is 16.5. The topological polar surface area (TPSA) is 67.4 Å². The molecule has 2 N–H and O–H groups in total. The fraction of sp³-hybridized carbons (Fsp3) is 0.222. The van der Waals surface area contributed by atoms with Crippen molar-refractivity contribution < 1.29 is 14.3 Å². The second-order valence-electron chi connectivity index (χ2n) is 5.09. The zero-order valence-electron chi connectivity index (χ0n) is 13.3. The lowest BCUT2D eigenvalue weighted by Crippen LogP contribution is -2.23. The highest BCUT2D eigenvalue weighted by Gasteiger charge is 2.07. The zero-order valence-corrected chi connectivity index (χ0v) is 13.3. The van der Waals surface area contributed by atoms with Gasteiger partial charge in [0.05, 0.1) is 6.61 Å². The van der Waals surface area contributed by atoms with Gasteiger partial charge in [0.15, 0.2) is 0 Å². The molecule has 2 aromatic carbocycles. The number of ether oxygens (including phenoxy) is 1. The summed E-state index contributed by atoms with van der Waals surface area (Å²) in [5.74, 6) is -0.270. The summed E-state index contributed by atoms with van der Waals surface area (Å²) in [5, 5.41) is 5.44.